The number of ether oxygens (including phenoxy) is 2. The molecule has 0 radical (unpaired) electrons. The van der Waals surface area contributed by atoms with Crippen molar-refractivity contribution in [2.24, 2.45) is 0 Å². The summed E-state index contributed by atoms with van der Waals surface area (Å²) in [5, 5.41) is 12.8. The van der Waals surface area contributed by atoms with E-state index >= 15 is 0 Å². The van der Waals surface area contributed by atoms with E-state index in [-0.39, 0.29) is 38.2 Å². The molecule has 4 atom stereocenters. The van der Waals surface area contributed by atoms with Gasteiger partial charge >= 0.3 is 0 Å². The van der Waals surface area contributed by atoms with Gasteiger partial charge in [0.25, 0.3) is 0 Å². The van der Waals surface area contributed by atoms with E-state index in [0.29, 0.717) is 19.4 Å². The van der Waals surface area contributed by atoms with E-state index in [9.17, 15) is 18.3 Å². The Hall–Kier alpha value is -1.52. The van der Waals surface area contributed by atoms with E-state index in [4.69, 9.17) is 9.47 Å². The Morgan fingerprint density at radius 2 is 2.00 bits per heavy atom. The van der Waals surface area contributed by atoms with Crippen molar-refractivity contribution in [3.8, 4) is 0 Å². The first kappa shape index (κ1) is 21.2. The van der Waals surface area contributed by atoms with Crippen LogP contribution in [0.15, 0.2) is 30.3 Å². The molecule has 2 aliphatic rings. The van der Waals surface area contributed by atoms with Crippen LogP contribution in [0.2, 0.25) is 0 Å². The molecule has 1 amide bonds. The van der Waals surface area contributed by atoms with E-state index < -0.39 is 28.3 Å². The molecule has 1 aromatic carbocycles. The molecule has 0 unspecified atom stereocenters. The standard InChI is InChI=1S/C19H28N2O6S/c1-28(24,25)21-11-15(22)12-26-13-18-17(21)8-7-16(27-18)9-19(23)20-10-14-5-3-2-4-6-14/h2-6,15-18,22H,7-13H2,1H3,(H,20,23)/t15-,16+,17+,18-/m0/s1. The summed E-state index contributed by atoms with van der Waals surface area (Å²) in [5.41, 5.74) is 1.02. The Kier molecular flexibility index (Phi) is 7.05. The van der Waals surface area contributed by atoms with Crippen LogP contribution in [0.25, 0.3) is 0 Å². The number of rotatable bonds is 5. The first-order valence-corrected chi connectivity index (χ1v) is 11.4. The quantitative estimate of drug-likeness (QED) is 0.719. The molecule has 156 valence electrons. The average molecular weight is 413 g/mol. The molecule has 3 rings (SSSR count). The lowest BCUT2D eigenvalue weighted by Gasteiger charge is -2.43. The molecule has 0 bridgehead atoms. The molecule has 2 heterocycles. The van der Waals surface area contributed by atoms with Crippen LogP contribution in [0.4, 0.5) is 0 Å². The van der Waals surface area contributed by atoms with Crippen molar-refractivity contribution >= 4 is 15.9 Å². The lowest BCUT2D eigenvalue weighted by Crippen LogP contribution is -2.57. The van der Waals surface area contributed by atoms with Crippen molar-refractivity contribution in [1.29, 1.82) is 0 Å². The summed E-state index contributed by atoms with van der Waals surface area (Å²) in [6.07, 6.45) is 0.887. The van der Waals surface area contributed by atoms with Gasteiger partial charge in [0.1, 0.15) is 0 Å². The number of carbonyl (C=O) groups excluding carboxylic acids is 1. The third-order valence-corrected chi connectivity index (χ3v) is 6.38. The van der Waals surface area contributed by atoms with Gasteiger partial charge in [-0.25, -0.2) is 8.42 Å². The van der Waals surface area contributed by atoms with Crippen LogP contribution in [-0.4, -0.2) is 74.1 Å². The fourth-order valence-corrected chi connectivity index (χ4v) is 4.93. The van der Waals surface area contributed by atoms with Crippen molar-refractivity contribution in [3.63, 3.8) is 0 Å². The molecular weight excluding hydrogens is 384 g/mol. The van der Waals surface area contributed by atoms with Gasteiger partial charge in [-0.2, -0.15) is 4.31 Å². The van der Waals surface area contributed by atoms with Crippen LogP contribution >= 0.6 is 0 Å². The van der Waals surface area contributed by atoms with Crippen molar-refractivity contribution in [3.05, 3.63) is 35.9 Å². The molecule has 2 saturated heterocycles. The zero-order valence-corrected chi connectivity index (χ0v) is 16.8. The Morgan fingerprint density at radius 3 is 2.71 bits per heavy atom. The number of aliphatic hydroxyl groups excluding tert-OH is 1. The molecule has 0 aromatic heterocycles. The average Bonchev–Trinajstić information content (AvgIpc) is 2.63. The van der Waals surface area contributed by atoms with Crippen molar-refractivity contribution in [2.45, 2.75) is 50.2 Å². The minimum absolute atomic E-state index is 0.00834. The van der Waals surface area contributed by atoms with E-state index in [2.05, 4.69) is 5.32 Å². The van der Waals surface area contributed by atoms with Gasteiger partial charge in [-0.1, -0.05) is 30.3 Å². The normalized spacial score (nSPS) is 29.4. The molecule has 2 aliphatic heterocycles. The summed E-state index contributed by atoms with van der Waals surface area (Å²) in [7, 11) is -3.49. The van der Waals surface area contributed by atoms with E-state index in [0.717, 1.165) is 11.8 Å². The van der Waals surface area contributed by atoms with Gasteiger partial charge in [-0.15, -0.1) is 0 Å². The summed E-state index contributed by atoms with van der Waals surface area (Å²) in [6.45, 7) is 0.698. The molecule has 8 nitrogen and oxygen atoms in total. The third kappa shape index (κ3) is 5.74. The molecule has 0 saturated carbocycles. The maximum Gasteiger partial charge on any atom is 0.222 e. The minimum atomic E-state index is -3.49. The number of nitrogens with zero attached hydrogens (tertiary/aromatic N) is 1. The second-order valence-corrected chi connectivity index (χ2v) is 9.37. The molecule has 1 aromatic rings. The number of carbonyl (C=O) groups is 1. The Bertz CT molecular complexity index is 757. The van der Waals surface area contributed by atoms with Crippen LogP contribution in [0.5, 0.6) is 0 Å². The highest BCUT2D eigenvalue weighted by Crippen LogP contribution is 2.29. The fraction of sp³-hybridized carbons (Fsp3) is 0.632. The summed E-state index contributed by atoms with van der Waals surface area (Å²) in [6, 6.07) is 9.27. The SMILES string of the molecule is CS(=O)(=O)N1C[C@H](O)COC[C@@H]2O[C@@H](CC(=O)NCc3ccccc3)CC[C@H]21. The van der Waals surface area contributed by atoms with Crippen molar-refractivity contribution in [1.82, 2.24) is 9.62 Å². The molecule has 2 fully saturated rings. The molecule has 9 heteroatoms. The maximum atomic E-state index is 12.3. The Balaban J connectivity index is 1.57. The molecular formula is C19H28N2O6S. The number of nitrogens with one attached hydrogen (secondary N) is 1. The predicted molar refractivity (Wildman–Crippen MR) is 103 cm³/mol. The lowest BCUT2D eigenvalue weighted by molar-refractivity contribution is -0.146. The first-order chi connectivity index (χ1) is 13.3. The highest BCUT2D eigenvalue weighted by Gasteiger charge is 2.41. The summed E-state index contributed by atoms with van der Waals surface area (Å²) < 4.78 is 37.2. The highest BCUT2D eigenvalue weighted by molar-refractivity contribution is 7.88. The van der Waals surface area contributed by atoms with E-state index in [1.54, 1.807) is 0 Å². The van der Waals surface area contributed by atoms with Crippen LogP contribution < -0.4 is 5.32 Å². The topological polar surface area (TPSA) is 105 Å². The molecule has 2 N–H and O–H groups in total. The van der Waals surface area contributed by atoms with Gasteiger partial charge < -0.3 is 19.9 Å². The minimum Gasteiger partial charge on any atom is -0.389 e. The monoisotopic (exact) mass is 412 g/mol. The number of benzene rings is 1. The molecule has 0 spiro atoms. The summed E-state index contributed by atoms with van der Waals surface area (Å²) in [5.74, 6) is -0.102. The molecule has 28 heavy (non-hydrogen) atoms. The van der Waals surface area contributed by atoms with Gasteiger partial charge in [-0.05, 0) is 18.4 Å². The van der Waals surface area contributed by atoms with Gasteiger partial charge in [0, 0.05) is 13.1 Å². The second-order valence-electron chi connectivity index (χ2n) is 7.43. The Morgan fingerprint density at radius 1 is 1.25 bits per heavy atom. The first-order valence-electron chi connectivity index (χ1n) is 9.51. The molecule has 0 aliphatic carbocycles. The van der Waals surface area contributed by atoms with E-state index in [1.165, 1.54) is 4.31 Å². The number of hydrogen-bond donors (Lipinski definition) is 2. The van der Waals surface area contributed by atoms with Gasteiger partial charge in [0.05, 0.1) is 50.2 Å². The lowest BCUT2D eigenvalue weighted by atomic mass is 9.96. The Labute approximate surface area is 165 Å². The summed E-state index contributed by atoms with van der Waals surface area (Å²) in [4.78, 5) is 12.3. The largest absolute Gasteiger partial charge is 0.389 e. The predicted octanol–water partition coefficient (Wildman–Crippen LogP) is 0.262. The van der Waals surface area contributed by atoms with Crippen LogP contribution in [0, 0.1) is 0 Å². The van der Waals surface area contributed by atoms with Gasteiger partial charge in [-0.3, -0.25) is 4.79 Å². The van der Waals surface area contributed by atoms with Gasteiger partial charge in [0.2, 0.25) is 15.9 Å². The summed E-state index contributed by atoms with van der Waals surface area (Å²) >= 11 is 0. The number of aliphatic hydroxyl groups is 1. The zero-order valence-electron chi connectivity index (χ0n) is 16.0. The van der Waals surface area contributed by atoms with Crippen LogP contribution in [-0.2, 0) is 30.8 Å². The third-order valence-electron chi connectivity index (χ3n) is 5.11. The van der Waals surface area contributed by atoms with Crippen LogP contribution in [0.3, 0.4) is 0 Å². The van der Waals surface area contributed by atoms with Gasteiger partial charge in [0.15, 0.2) is 0 Å². The fourth-order valence-electron chi connectivity index (χ4n) is 3.75. The second kappa shape index (κ2) is 9.32. The van der Waals surface area contributed by atoms with Crippen molar-refractivity contribution in [2.75, 3.05) is 26.0 Å². The number of hydrogen-bond acceptors (Lipinski definition) is 6. The number of fused-ring (bicyclic) bond motifs is 1. The van der Waals surface area contributed by atoms with Crippen molar-refractivity contribution < 1.29 is 27.8 Å². The van der Waals surface area contributed by atoms with Crippen LogP contribution in [0.1, 0.15) is 24.8 Å². The maximum absolute atomic E-state index is 12.3. The zero-order chi connectivity index (χ0) is 20.1. The smallest absolute Gasteiger partial charge is 0.222 e. The number of amides is 1. The number of sulfonamides is 1. The highest BCUT2D eigenvalue weighted by atomic mass is 32.2. The van der Waals surface area contributed by atoms with E-state index in [1.807, 2.05) is 30.3 Å². The number of β-amino-alcohol motifs (C(OH)–C–C–N with tert-alkyl or cyclic N) is 1.